The molecule has 12 heteroatoms. The molecule has 29 heavy (non-hydrogen) atoms. The molecule has 0 saturated carbocycles. The van der Waals surface area contributed by atoms with E-state index in [0.717, 1.165) is 12.1 Å². The Hall–Kier alpha value is -3.50. The minimum absolute atomic E-state index is 0.0249. The van der Waals surface area contributed by atoms with E-state index in [1.807, 2.05) is 0 Å². The van der Waals surface area contributed by atoms with Crippen molar-refractivity contribution in [2.24, 2.45) is 0 Å². The summed E-state index contributed by atoms with van der Waals surface area (Å²) in [6.45, 7) is 1.26. The Morgan fingerprint density at radius 2 is 1.69 bits per heavy atom. The highest BCUT2D eigenvalue weighted by molar-refractivity contribution is 6.36. The average molecular weight is 436 g/mol. The van der Waals surface area contributed by atoms with Crippen molar-refractivity contribution in [2.75, 3.05) is 5.32 Å². The highest BCUT2D eigenvalue weighted by Crippen LogP contribution is 2.32. The minimum atomic E-state index is -0.755. The second kappa shape index (κ2) is 7.86. The van der Waals surface area contributed by atoms with Gasteiger partial charge in [0.25, 0.3) is 17.3 Å². The monoisotopic (exact) mass is 435 g/mol. The number of halogens is 2. The number of hydrogen-bond acceptors (Lipinski definition) is 6. The van der Waals surface area contributed by atoms with Crippen molar-refractivity contribution in [3.8, 4) is 11.3 Å². The smallest absolute Gasteiger partial charge is 0.281 e. The van der Waals surface area contributed by atoms with E-state index in [4.69, 9.17) is 23.2 Å². The van der Waals surface area contributed by atoms with Crippen LogP contribution in [0.15, 0.2) is 36.4 Å². The van der Waals surface area contributed by atoms with Gasteiger partial charge in [0.1, 0.15) is 11.3 Å². The van der Waals surface area contributed by atoms with Crippen LogP contribution in [0.25, 0.3) is 11.3 Å². The molecule has 0 bridgehead atoms. The number of carbonyl (C=O) groups is 1. The first kappa shape index (κ1) is 20.2. The fourth-order valence-electron chi connectivity index (χ4n) is 2.61. The molecule has 0 aliphatic rings. The van der Waals surface area contributed by atoms with Gasteiger partial charge in [-0.05, 0) is 31.2 Å². The third-order valence-electron chi connectivity index (χ3n) is 4.03. The number of nitro benzene ring substituents is 2. The summed E-state index contributed by atoms with van der Waals surface area (Å²) < 4.78 is 0. The zero-order valence-corrected chi connectivity index (χ0v) is 16.1. The lowest BCUT2D eigenvalue weighted by Gasteiger charge is -2.06. The van der Waals surface area contributed by atoms with E-state index in [-0.39, 0.29) is 16.9 Å². The van der Waals surface area contributed by atoms with Crippen LogP contribution >= 0.6 is 23.2 Å². The topological polar surface area (TPSA) is 144 Å². The highest BCUT2D eigenvalue weighted by Gasteiger charge is 2.24. The highest BCUT2D eigenvalue weighted by atomic mass is 35.5. The van der Waals surface area contributed by atoms with Crippen molar-refractivity contribution in [2.45, 2.75) is 6.92 Å². The van der Waals surface area contributed by atoms with Gasteiger partial charge in [-0.15, -0.1) is 0 Å². The number of amides is 1. The van der Waals surface area contributed by atoms with Gasteiger partial charge in [0.05, 0.1) is 26.3 Å². The van der Waals surface area contributed by atoms with Crippen molar-refractivity contribution in [3.05, 3.63) is 77.9 Å². The van der Waals surface area contributed by atoms with E-state index in [2.05, 4.69) is 15.5 Å². The van der Waals surface area contributed by atoms with Crippen molar-refractivity contribution in [3.63, 3.8) is 0 Å². The van der Waals surface area contributed by atoms with Crippen LogP contribution in [-0.2, 0) is 0 Å². The lowest BCUT2D eigenvalue weighted by Crippen LogP contribution is -2.13. The Labute approximate surface area is 172 Å². The molecule has 148 valence electrons. The van der Waals surface area contributed by atoms with Crippen LogP contribution in [0.2, 0.25) is 10.0 Å². The molecule has 2 aromatic carbocycles. The van der Waals surface area contributed by atoms with Crippen LogP contribution in [0.5, 0.6) is 0 Å². The second-order valence-electron chi connectivity index (χ2n) is 5.90. The molecule has 1 aromatic heterocycles. The van der Waals surface area contributed by atoms with Gasteiger partial charge in [-0.3, -0.25) is 30.1 Å². The fourth-order valence-corrected chi connectivity index (χ4v) is 3.11. The Balaban J connectivity index is 1.90. The van der Waals surface area contributed by atoms with E-state index in [0.29, 0.717) is 21.3 Å². The maximum atomic E-state index is 12.5. The molecule has 3 rings (SSSR count). The van der Waals surface area contributed by atoms with E-state index >= 15 is 0 Å². The number of aromatic nitrogens is 2. The van der Waals surface area contributed by atoms with Gasteiger partial charge >= 0.3 is 0 Å². The summed E-state index contributed by atoms with van der Waals surface area (Å²) >= 11 is 12.0. The molecule has 1 amide bonds. The van der Waals surface area contributed by atoms with Crippen molar-refractivity contribution >= 4 is 46.2 Å². The first-order valence-corrected chi connectivity index (χ1v) is 8.68. The molecular weight excluding hydrogens is 425 g/mol. The average Bonchev–Trinajstić information content (AvgIpc) is 3.12. The van der Waals surface area contributed by atoms with Crippen molar-refractivity contribution in [1.82, 2.24) is 10.2 Å². The SMILES string of the molecule is Cc1c([N+](=O)[O-])cc(NC(=O)c2cc(-c3ccc(Cl)cc3Cl)n[nH]2)cc1[N+](=O)[O-]. The summed E-state index contributed by atoms with van der Waals surface area (Å²) in [5.74, 6) is -0.693. The summed E-state index contributed by atoms with van der Waals surface area (Å²) in [5, 5.41) is 32.0. The minimum Gasteiger partial charge on any atom is -0.320 e. The molecule has 0 aliphatic carbocycles. The normalized spacial score (nSPS) is 10.6. The van der Waals surface area contributed by atoms with E-state index in [1.165, 1.54) is 19.1 Å². The maximum absolute atomic E-state index is 12.5. The molecule has 0 saturated heterocycles. The van der Waals surface area contributed by atoms with Crippen molar-refractivity contribution in [1.29, 1.82) is 0 Å². The molecule has 3 aromatic rings. The quantitative estimate of drug-likeness (QED) is 0.436. The molecule has 0 unspecified atom stereocenters. The summed E-state index contributed by atoms with van der Waals surface area (Å²) in [4.78, 5) is 33.3. The molecular formula is C17H11Cl2N5O5. The largest absolute Gasteiger partial charge is 0.320 e. The lowest BCUT2D eigenvalue weighted by molar-refractivity contribution is -0.395. The van der Waals surface area contributed by atoms with Gasteiger partial charge in [0.15, 0.2) is 0 Å². The van der Waals surface area contributed by atoms with E-state index < -0.39 is 27.1 Å². The molecule has 10 nitrogen and oxygen atoms in total. The molecule has 0 aliphatic heterocycles. The third-order valence-corrected chi connectivity index (χ3v) is 4.58. The Bertz CT molecular complexity index is 1130. The number of nitrogens with zero attached hydrogens (tertiary/aromatic N) is 3. The Kier molecular flexibility index (Phi) is 5.48. The fraction of sp³-hybridized carbons (Fsp3) is 0.0588. The summed E-state index contributed by atoms with van der Waals surface area (Å²) in [6, 6.07) is 8.29. The van der Waals surface area contributed by atoms with Gasteiger partial charge in [-0.2, -0.15) is 5.10 Å². The van der Waals surface area contributed by atoms with Crippen LogP contribution < -0.4 is 5.32 Å². The first-order chi connectivity index (χ1) is 13.7. The molecule has 1 heterocycles. The molecule has 0 atom stereocenters. The van der Waals surface area contributed by atoms with E-state index in [9.17, 15) is 25.0 Å². The van der Waals surface area contributed by atoms with Gasteiger partial charge in [-0.25, -0.2) is 0 Å². The number of nitrogens with one attached hydrogen (secondary N) is 2. The van der Waals surface area contributed by atoms with Gasteiger partial charge in [0.2, 0.25) is 0 Å². The van der Waals surface area contributed by atoms with E-state index in [1.54, 1.807) is 12.1 Å². The third kappa shape index (κ3) is 4.18. The van der Waals surface area contributed by atoms with Crippen molar-refractivity contribution < 1.29 is 14.6 Å². The van der Waals surface area contributed by atoms with Gasteiger partial charge < -0.3 is 5.32 Å². The molecule has 2 N–H and O–H groups in total. The Morgan fingerprint density at radius 1 is 1.07 bits per heavy atom. The Morgan fingerprint density at radius 3 is 2.24 bits per heavy atom. The van der Waals surface area contributed by atoms with Crippen LogP contribution in [0.4, 0.5) is 17.1 Å². The number of hydrogen-bond donors (Lipinski definition) is 2. The zero-order chi connectivity index (χ0) is 21.3. The maximum Gasteiger partial charge on any atom is 0.281 e. The summed E-state index contributed by atoms with van der Waals surface area (Å²) in [6.07, 6.45) is 0. The summed E-state index contributed by atoms with van der Waals surface area (Å²) in [5.41, 5.74) is -0.234. The summed E-state index contributed by atoms with van der Waals surface area (Å²) in [7, 11) is 0. The van der Waals surface area contributed by atoms with Crippen LogP contribution in [0, 0.1) is 27.2 Å². The molecule has 0 fully saturated rings. The van der Waals surface area contributed by atoms with Crippen LogP contribution in [0.1, 0.15) is 16.1 Å². The number of H-pyrrole nitrogens is 1. The number of benzene rings is 2. The number of rotatable bonds is 5. The zero-order valence-electron chi connectivity index (χ0n) is 14.6. The number of aromatic amines is 1. The second-order valence-corrected chi connectivity index (χ2v) is 6.74. The van der Waals surface area contributed by atoms with Crippen LogP contribution in [-0.4, -0.2) is 26.0 Å². The number of carbonyl (C=O) groups excluding carboxylic acids is 1. The first-order valence-electron chi connectivity index (χ1n) is 7.93. The standard InChI is InChI=1S/C17H11Cl2N5O5/c1-8-15(23(26)27)5-10(6-16(8)24(28)29)20-17(25)14-7-13(21-22-14)11-3-2-9(18)4-12(11)19/h2-7H,1H3,(H,20,25)(H,21,22). The van der Waals surface area contributed by atoms with Crippen LogP contribution in [0.3, 0.4) is 0 Å². The number of nitro groups is 2. The van der Waals surface area contributed by atoms with Gasteiger partial charge in [-0.1, -0.05) is 23.2 Å². The number of anilines is 1. The predicted octanol–water partition coefficient (Wildman–Crippen LogP) is 4.76. The molecule has 0 radical (unpaired) electrons. The lowest BCUT2D eigenvalue weighted by atomic mass is 10.1. The van der Waals surface area contributed by atoms with Gasteiger partial charge in [0, 0.05) is 22.7 Å². The molecule has 0 spiro atoms. The predicted molar refractivity (Wildman–Crippen MR) is 106 cm³/mol.